The second kappa shape index (κ2) is 6.70. The molecule has 0 saturated carbocycles. The number of anilines is 1. The van der Waals surface area contributed by atoms with Gasteiger partial charge in [0.1, 0.15) is 0 Å². The molecular weight excluding hydrogens is 310 g/mol. The fourth-order valence-electron chi connectivity index (χ4n) is 3.01. The van der Waals surface area contributed by atoms with E-state index in [1.165, 1.54) is 0 Å². The van der Waals surface area contributed by atoms with E-state index in [4.69, 9.17) is 0 Å². The molecule has 0 atom stereocenters. The first-order valence-corrected chi connectivity index (χ1v) is 8.83. The quantitative estimate of drug-likeness (QED) is 0.860. The summed E-state index contributed by atoms with van der Waals surface area (Å²) in [7, 11) is 3.74. The summed E-state index contributed by atoms with van der Waals surface area (Å²) in [5.41, 5.74) is 1.53. The maximum absolute atomic E-state index is 12.5. The molecule has 1 aliphatic heterocycles. The number of rotatable bonds is 4. The van der Waals surface area contributed by atoms with Crippen molar-refractivity contribution in [3.8, 4) is 0 Å². The third-order valence-electron chi connectivity index (χ3n) is 4.52. The van der Waals surface area contributed by atoms with Gasteiger partial charge in [0.25, 0.3) is 5.91 Å². The topological polar surface area (TPSA) is 54.3 Å². The molecule has 2 aromatic rings. The summed E-state index contributed by atoms with van der Waals surface area (Å²) in [5.74, 6) is 0.557. The summed E-state index contributed by atoms with van der Waals surface area (Å²) >= 11 is 1.69. The highest BCUT2D eigenvalue weighted by molar-refractivity contribution is 7.13. The lowest BCUT2D eigenvalue weighted by molar-refractivity contribution is 0.0758. The number of amides is 1. The minimum absolute atomic E-state index is 0.0102. The van der Waals surface area contributed by atoms with Crippen LogP contribution in [0.1, 0.15) is 29.0 Å². The van der Waals surface area contributed by atoms with Crippen molar-refractivity contribution in [2.24, 2.45) is 13.0 Å². The summed E-state index contributed by atoms with van der Waals surface area (Å²) in [6.07, 6.45) is 4.05. The van der Waals surface area contributed by atoms with E-state index < -0.39 is 0 Å². The van der Waals surface area contributed by atoms with E-state index in [1.807, 2.05) is 43.6 Å². The molecule has 124 valence electrons. The molecule has 23 heavy (non-hydrogen) atoms. The van der Waals surface area contributed by atoms with Crippen molar-refractivity contribution in [3.05, 3.63) is 29.0 Å². The Bertz CT molecular complexity index is 639. The van der Waals surface area contributed by atoms with Crippen LogP contribution in [0.5, 0.6) is 0 Å². The van der Waals surface area contributed by atoms with Crippen molar-refractivity contribution in [2.45, 2.75) is 19.8 Å². The van der Waals surface area contributed by atoms with Gasteiger partial charge in [0.15, 0.2) is 10.8 Å². The maximum Gasteiger partial charge on any atom is 0.274 e. The van der Waals surface area contributed by atoms with Gasteiger partial charge in [0.2, 0.25) is 0 Å². The van der Waals surface area contributed by atoms with E-state index >= 15 is 0 Å². The summed E-state index contributed by atoms with van der Waals surface area (Å²) in [6, 6.07) is 1.85. The summed E-state index contributed by atoms with van der Waals surface area (Å²) in [5, 5.41) is 7.41. The molecule has 3 heterocycles. The number of thiazole rings is 1. The highest BCUT2D eigenvalue weighted by Gasteiger charge is 2.24. The first kappa shape index (κ1) is 16.0. The molecule has 0 bridgehead atoms. The van der Waals surface area contributed by atoms with Crippen molar-refractivity contribution >= 4 is 22.4 Å². The highest BCUT2D eigenvalue weighted by atomic mass is 32.1. The lowest BCUT2D eigenvalue weighted by Crippen LogP contribution is -2.39. The molecule has 1 fully saturated rings. The van der Waals surface area contributed by atoms with Gasteiger partial charge in [0.05, 0.1) is 0 Å². The molecule has 6 nitrogen and oxygen atoms in total. The van der Waals surface area contributed by atoms with Crippen LogP contribution in [0.15, 0.2) is 17.6 Å². The van der Waals surface area contributed by atoms with Gasteiger partial charge in [-0.3, -0.25) is 9.48 Å². The monoisotopic (exact) mass is 333 g/mol. The SMILES string of the molecule is Cc1cc(C(=O)N(C)CC2CCN(c3nccs3)CC2)nn1C. The van der Waals surface area contributed by atoms with E-state index in [0.717, 1.165) is 43.3 Å². The van der Waals surface area contributed by atoms with Gasteiger partial charge in [0, 0.05) is 51.0 Å². The zero-order chi connectivity index (χ0) is 16.4. The van der Waals surface area contributed by atoms with E-state index in [2.05, 4.69) is 15.0 Å². The Kier molecular flexibility index (Phi) is 4.66. The molecule has 3 rings (SSSR count). The summed E-state index contributed by atoms with van der Waals surface area (Å²) in [4.78, 5) is 21.0. The predicted molar refractivity (Wildman–Crippen MR) is 92.0 cm³/mol. The second-order valence-corrected chi connectivity index (χ2v) is 7.10. The first-order chi connectivity index (χ1) is 11.0. The number of aryl methyl sites for hydroxylation is 2. The van der Waals surface area contributed by atoms with Gasteiger partial charge < -0.3 is 9.80 Å². The number of hydrogen-bond donors (Lipinski definition) is 0. The molecule has 1 saturated heterocycles. The number of aromatic nitrogens is 3. The third kappa shape index (κ3) is 3.55. The van der Waals surface area contributed by atoms with Gasteiger partial charge in [-0.1, -0.05) is 0 Å². The van der Waals surface area contributed by atoms with Crippen molar-refractivity contribution in [1.29, 1.82) is 0 Å². The van der Waals surface area contributed by atoms with Crippen LogP contribution < -0.4 is 4.90 Å². The van der Waals surface area contributed by atoms with Crippen LogP contribution in [0, 0.1) is 12.8 Å². The number of carbonyl (C=O) groups excluding carboxylic acids is 1. The van der Waals surface area contributed by atoms with Crippen LogP contribution in [0.4, 0.5) is 5.13 Å². The second-order valence-electron chi connectivity index (χ2n) is 6.23. The molecule has 1 aliphatic rings. The molecule has 0 unspecified atom stereocenters. The fraction of sp³-hybridized carbons (Fsp3) is 0.562. The van der Waals surface area contributed by atoms with Crippen LogP contribution in [-0.4, -0.2) is 52.3 Å². The Morgan fingerprint density at radius 1 is 1.43 bits per heavy atom. The Morgan fingerprint density at radius 2 is 2.17 bits per heavy atom. The largest absolute Gasteiger partial charge is 0.348 e. The summed E-state index contributed by atoms with van der Waals surface area (Å²) in [6.45, 7) is 4.78. The number of piperidine rings is 1. The van der Waals surface area contributed by atoms with E-state index in [-0.39, 0.29) is 5.91 Å². The van der Waals surface area contributed by atoms with E-state index in [1.54, 1.807) is 16.0 Å². The molecule has 1 amide bonds. The molecule has 2 aromatic heterocycles. The average Bonchev–Trinajstić information content (AvgIpc) is 3.18. The van der Waals surface area contributed by atoms with Gasteiger partial charge in [-0.2, -0.15) is 5.10 Å². The number of carbonyl (C=O) groups is 1. The highest BCUT2D eigenvalue weighted by Crippen LogP contribution is 2.25. The zero-order valence-electron chi connectivity index (χ0n) is 13.9. The van der Waals surface area contributed by atoms with Crippen molar-refractivity contribution in [3.63, 3.8) is 0 Å². The molecule has 0 spiro atoms. The van der Waals surface area contributed by atoms with E-state index in [0.29, 0.717) is 11.6 Å². The van der Waals surface area contributed by atoms with Crippen LogP contribution in [-0.2, 0) is 7.05 Å². The van der Waals surface area contributed by atoms with Crippen molar-refractivity contribution in [2.75, 3.05) is 31.6 Å². The molecule has 0 aliphatic carbocycles. The maximum atomic E-state index is 12.5. The minimum atomic E-state index is 0.0102. The van der Waals surface area contributed by atoms with E-state index in [9.17, 15) is 4.79 Å². The smallest absolute Gasteiger partial charge is 0.274 e. The van der Waals surface area contributed by atoms with Crippen LogP contribution in [0.25, 0.3) is 0 Å². The lowest BCUT2D eigenvalue weighted by atomic mass is 9.96. The molecular formula is C16H23N5OS. The van der Waals surface area contributed by atoms with Crippen molar-refractivity contribution in [1.82, 2.24) is 19.7 Å². The Hall–Kier alpha value is -1.89. The Balaban J connectivity index is 1.52. The molecule has 0 radical (unpaired) electrons. The average molecular weight is 333 g/mol. The molecule has 7 heteroatoms. The van der Waals surface area contributed by atoms with Gasteiger partial charge in [-0.05, 0) is 31.7 Å². The fourth-order valence-corrected chi connectivity index (χ4v) is 3.71. The Labute approximate surface area is 140 Å². The van der Waals surface area contributed by atoms with Gasteiger partial charge in [-0.25, -0.2) is 4.98 Å². The van der Waals surface area contributed by atoms with Crippen molar-refractivity contribution < 1.29 is 4.79 Å². The normalized spacial score (nSPS) is 15.9. The van der Waals surface area contributed by atoms with Gasteiger partial charge in [-0.15, -0.1) is 11.3 Å². The van der Waals surface area contributed by atoms with Crippen LogP contribution in [0.2, 0.25) is 0 Å². The zero-order valence-corrected chi connectivity index (χ0v) is 14.7. The van der Waals surface area contributed by atoms with Crippen LogP contribution >= 0.6 is 11.3 Å². The lowest BCUT2D eigenvalue weighted by Gasteiger charge is -2.33. The number of nitrogens with zero attached hydrogens (tertiary/aromatic N) is 5. The standard InChI is InChI=1S/C16H23N5OS/c1-12-10-14(18-20(12)3)15(22)19(2)11-13-4-7-21(8-5-13)16-17-6-9-23-16/h6,9-10,13H,4-5,7-8,11H2,1-3H3. The summed E-state index contributed by atoms with van der Waals surface area (Å²) < 4.78 is 1.74. The molecule has 0 N–H and O–H groups in total. The Morgan fingerprint density at radius 3 is 2.74 bits per heavy atom. The molecule has 0 aromatic carbocycles. The predicted octanol–water partition coefficient (Wildman–Crippen LogP) is 2.17. The number of hydrogen-bond acceptors (Lipinski definition) is 5. The minimum Gasteiger partial charge on any atom is -0.348 e. The van der Waals surface area contributed by atoms with Crippen LogP contribution in [0.3, 0.4) is 0 Å². The van der Waals surface area contributed by atoms with Gasteiger partial charge >= 0.3 is 0 Å². The first-order valence-electron chi connectivity index (χ1n) is 7.95. The third-order valence-corrected chi connectivity index (χ3v) is 5.35.